The van der Waals surface area contributed by atoms with E-state index in [1.54, 1.807) is 0 Å². The summed E-state index contributed by atoms with van der Waals surface area (Å²) in [7, 11) is 1.33. The van der Waals surface area contributed by atoms with E-state index in [0.717, 1.165) is 18.9 Å². The molecule has 0 spiro atoms. The van der Waals surface area contributed by atoms with Crippen molar-refractivity contribution in [2.45, 2.75) is 18.9 Å². The van der Waals surface area contributed by atoms with Crippen molar-refractivity contribution in [2.75, 3.05) is 7.11 Å². The lowest BCUT2D eigenvalue weighted by molar-refractivity contribution is -0.384. The van der Waals surface area contributed by atoms with Gasteiger partial charge in [-0.1, -0.05) is 0 Å². The third kappa shape index (κ3) is 3.28. The summed E-state index contributed by atoms with van der Waals surface area (Å²) < 4.78 is 4.99. The van der Waals surface area contributed by atoms with Crippen molar-refractivity contribution in [3.63, 3.8) is 0 Å². The molecule has 8 nitrogen and oxygen atoms in total. The Kier molecular flexibility index (Phi) is 4.06. The molecule has 21 heavy (non-hydrogen) atoms. The van der Waals surface area contributed by atoms with Gasteiger partial charge in [0.25, 0.3) is 11.6 Å². The molecule has 1 aromatic carbocycles. The first kappa shape index (κ1) is 14.8. The summed E-state index contributed by atoms with van der Waals surface area (Å²) in [6.45, 7) is 0. The molecule has 8 heteroatoms. The third-order valence-electron chi connectivity index (χ3n) is 3.28. The monoisotopic (exact) mass is 294 g/mol. The third-order valence-corrected chi connectivity index (χ3v) is 3.28. The molecule has 2 rings (SSSR count). The summed E-state index contributed by atoms with van der Waals surface area (Å²) in [4.78, 5) is 33.4. The minimum Gasteiger partial charge on any atom is -0.496 e. The molecule has 2 N–H and O–H groups in total. The minimum atomic E-state index is -1.12. The molecule has 0 saturated heterocycles. The number of amides is 1. The number of ether oxygens (including phenoxy) is 1. The van der Waals surface area contributed by atoms with E-state index in [1.807, 2.05) is 0 Å². The largest absolute Gasteiger partial charge is 0.496 e. The number of non-ortho nitro benzene ring substituents is 1. The van der Waals surface area contributed by atoms with Crippen LogP contribution in [-0.4, -0.2) is 35.1 Å². The highest BCUT2D eigenvalue weighted by Crippen LogP contribution is 2.33. The second kappa shape index (κ2) is 5.78. The van der Waals surface area contributed by atoms with Crippen LogP contribution in [0.2, 0.25) is 0 Å². The average molecular weight is 294 g/mol. The molecule has 0 aliphatic heterocycles. The van der Waals surface area contributed by atoms with Crippen LogP contribution in [0.1, 0.15) is 23.2 Å². The van der Waals surface area contributed by atoms with Gasteiger partial charge in [0, 0.05) is 12.1 Å². The lowest BCUT2D eigenvalue weighted by Crippen LogP contribution is -2.42. The second-order valence-corrected chi connectivity index (χ2v) is 4.77. The maximum absolute atomic E-state index is 12.2. The number of benzene rings is 1. The fourth-order valence-corrected chi connectivity index (χ4v) is 2.02. The second-order valence-electron chi connectivity index (χ2n) is 4.77. The highest BCUT2D eigenvalue weighted by atomic mass is 16.6. The molecule has 0 radical (unpaired) electrons. The van der Waals surface area contributed by atoms with Crippen LogP contribution in [-0.2, 0) is 4.79 Å². The lowest BCUT2D eigenvalue weighted by Gasteiger charge is -2.15. The molecule has 1 aliphatic carbocycles. The molecule has 1 fully saturated rings. The number of hydrogen-bond acceptors (Lipinski definition) is 5. The number of carbonyl (C=O) groups excluding carboxylic acids is 1. The van der Waals surface area contributed by atoms with Crippen molar-refractivity contribution in [1.29, 1.82) is 0 Å². The van der Waals surface area contributed by atoms with E-state index < -0.39 is 22.8 Å². The van der Waals surface area contributed by atoms with Gasteiger partial charge in [-0.25, -0.2) is 4.79 Å². The van der Waals surface area contributed by atoms with E-state index in [-0.39, 0.29) is 22.9 Å². The molecule has 0 bridgehead atoms. The minimum absolute atomic E-state index is 0.0569. The summed E-state index contributed by atoms with van der Waals surface area (Å²) in [6.07, 6.45) is 1.48. The van der Waals surface area contributed by atoms with Gasteiger partial charge in [-0.2, -0.15) is 0 Å². The van der Waals surface area contributed by atoms with E-state index in [1.165, 1.54) is 19.2 Å². The molecular weight excluding hydrogens is 280 g/mol. The molecule has 0 heterocycles. The van der Waals surface area contributed by atoms with Crippen LogP contribution in [0.15, 0.2) is 18.2 Å². The van der Waals surface area contributed by atoms with Crippen LogP contribution in [0, 0.1) is 16.0 Å². The van der Waals surface area contributed by atoms with E-state index >= 15 is 0 Å². The molecule has 1 aromatic rings. The predicted octanol–water partition coefficient (Wildman–Crippen LogP) is 1.20. The van der Waals surface area contributed by atoms with E-state index in [2.05, 4.69) is 5.32 Å². The van der Waals surface area contributed by atoms with Crippen molar-refractivity contribution in [2.24, 2.45) is 5.92 Å². The van der Waals surface area contributed by atoms with Crippen LogP contribution in [0.25, 0.3) is 0 Å². The summed E-state index contributed by atoms with van der Waals surface area (Å²) in [5.74, 6) is -1.75. The summed E-state index contributed by atoms with van der Waals surface area (Å²) in [6, 6.07) is 2.60. The van der Waals surface area contributed by atoms with Crippen molar-refractivity contribution in [1.82, 2.24) is 5.32 Å². The molecule has 1 atom stereocenters. The predicted molar refractivity (Wildman–Crippen MR) is 71.3 cm³/mol. The van der Waals surface area contributed by atoms with E-state index in [4.69, 9.17) is 9.84 Å². The van der Waals surface area contributed by atoms with Crippen molar-refractivity contribution < 1.29 is 24.4 Å². The summed E-state index contributed by atoms with van der Waals surface area (Å²) in [5, 5.41) is 22.3. The van der Waals surface area contributed by atoms with Crippen LogP contribution >= 0.6 is 0 Å². The van der Waals surface area contributed by atoms with Crippen molar-refractivity contribution in [3.8, 4) is 5.75 Å². The van der Waals surface area contributed by atoms with Gasteiger partial charge in [-0.3, -0.25) is 14.9 Å². The Morgan fingerprint density at radius 1 is 1.48 bits per heavy atom. The molecule has 1 amide bonds. The van der Waals surface area contributed by atoms with Crippen molar-refractivity contribution in [3.05, 3.63) is 33.9 Å². The number of aliphatic carboxylic acids is 1. The maximum Gasteiger partial charge on any atom is 0.326 e. The first-order chi connectivity index (χ1) is 9.93. The SMILES string of the molecule is COc1ccc([N+](=O)[O-])cc1C(=O)NC(C(=O)O)C1CC1. The number of hydrogen-bond donors (Lipinski definition) is 2. The highest BCUT2D eigenvalue weighted by molar-refractivity contribution is 5.99. The molecular formula is C13H14N2O6. The Bertz CT molecular complexity index is 596. The number of carboxylic acids is 1. The zero-order valence-electron chi connectivity index (χ0n) is 11.2. The fourth-order valence-electron chi connectivity index (χ4n) is 2.02. The Morgan fingerprint density at radius 3 is 2.62 bits per heavy atom. The van der Waals surface area contributed by atoms with Gasteiger partial charge in [-0.05, 0) is 24.8 Å². The fraction of sp³-hybridized carbons (Fsp3) is 0.385. The van der Waals surface area contributed by atoms with Crippen LogP contribution in [0.3, 0.4) is 0 Å². The van der Waals surface area contributed by atoms with Gasteiger partial charge < -0.3 is 15.2 Å². The Labute approximate surface area is 119 Å². The van der Waals surface area contributed by atoms with Gasteiger partial charge >= 0.3 is 5.97 Å². The Hall–Kier alpha value is -2.64. The molecule has 112 valence electrons. The molecule has 1 unspecified atom stereocenters. The summed E-state index contributed by atoms with van der Waals surface area (Å²) >= 11 is 0. The lowest BCUT2D eigenvalue weighted by atomic mass is 10.1. The first-order valence-corrected chi connectivity index (χ1v) is 6.30. The van der Waals surface area contributed by atoms with Crippen LogP contribution in [0.5, 0.6) is 5.75 Å². The topological polar surface area (TPSA) is 119 Å². The van der Waals surface area contributed by atoms with E-state index in [0.29, 0.717) is 0 Å². The highest BCUT2D eigenvalue weighted by Gasteiger charge is 2.37. The number of carbonyl (C=O) groups is 2. The van der Waals surface area contributed by atoms with Gasteiger partial charge in [0.05, 0.1) is 17.6 Å². The normalized spacial score (nSPS) is 15.1. The summed E-state index contributed by atoms with van der Waals surface area (Å²) in [5.41, 5.74) is -0.321. The Balaban J connectivity index is 2.26. The number of carboxylic acid groups (broad SMARTS) is 1. The zero-order valence-corrected chi connectivity index (χ0v) is 11.2. The maximum atomic E-state index is 12.2. The van der Waals surface area contributed by atoms with E-state index in [9.17, 15) is 19.7 Å². The molecule has 1 aliphatic rings. The Morgan fingerprint density at radius 2 is 2.14 bits per heavy atom. The average Bonchev–Trinajstić information content (AvgIpc) is 3.27. The van der Waals surface area contributed by atoms with Crippen molar-refractivity contribution >= 4 is 17.6 Å². The van der Waals surface area contributed by atoms with Crippen LogP contribution in [0.4, 0.5) is 5.69 Å². The van der Waals surface area contributed by atoms with Gasteiger partial charge in [0.2, 0.25) is 0 Å². The van der Waals surface area contributed by atoms with Gasteiger partial charge in [-0.15, -0.1) is 0 Å². The number of rotatable bonds is 6. The quantitative estimate of drug-likeness (QED) is 0.601. The molecule has 1 saturated carbocycles. The first-order valence-electron chi connectivity index (χ1n) is 6.30. The van der Waals surface area contributed by atoms with Gasteiger partial charge in [0.1, 0.15) is 11.8 Å². The van der Waals surface area contributed by atoms with Gasteiger partial charge in [0.15, 0.2) is 0 Å². The smallest absolute Gasteiger partial charge is 0.326 e. The molecule has 0 aromatic heterocycles. The standard InChI is InChI=1S/C13H14N2O6/c1-21-10-5-4-8(15(19)20)6-9(10)12(16)14-11(13(17)18)7-2-3-7/h4-7,11H,2-3H2,1H3,(H,14,16)(H,17,18). The number of nitro benzene ring substituents is 1. The number of nitrogens with zero attached hydrogens (tertiary/aromatic N) is 1. The zero-order chi connectivity index (χ0) is 15.6. The number of nitrogens with one attached hydrogen (secondary N) is 1. The number of nitro groups is 1. The van der Waals surface area contributed by atoms with Crippen LogP contribution < -0.4 is 10.1 Å². The number of methoxy groups -OCH3 is 1.